The van der Waals surface area contributed by atoms with Crippen molar-refractivity contribution < 1.29 is 14.3 Å². The highest BCUT2D eigenvalue weighted by Crippen LogP contribution is 2.15. The number of benzene rings is 1. The van der Waals surface area contributed by atoms with E-state index in [1.807, 2.05) is 44.2 Å². The van der Waals surface area contributed by atoms with Gasteiger partial charge in [-0.3, -0.25) is 14.0 Å². The van der Waals surface area contributed by atoms with E-state index in [1.54, 1.807) is 29.8 Å². The van der Waals surface area contributed by atoms with Gasteiger partial charge >= 0.3 is 0 Å². The standard InChI is InChI=1S/C21H24N4O3/c1-14(2)12-22-21(27)19-24-18(17-6-4-5-11-25(17)19)20(26)23-13-15-7-9-16(28-3)10-8-15/h4-11,14H,12-13H2,1-3H3,(H,22,27)(H,23,26). The molecule has 28 heavy (non-hydrogen) atoms. The fraction of sp³-hybridized carbons (Fsp3) is 0.286. The molecule has 0 bridgehead atoms. The van der Waals surface area contributed by atoms with E-state index in [0.29, 0.717) is 24.5 Å². The summed E-state index contributed by atoms with van der Waals surface area (Å²) in [5.41, 5.74) is 1.75. The lowest BCUT2D eigenvalue weighted by molar-refractivity contribution is 0.0938. The van der Waals surface area contributed by atoms with Crippen LogP contribution in [0.2, 0.25) is 0 Å². The van der Waals surface area contributed by atoms with Crippen molar-refractivity contribution in [2.45, 2.75) is 20.4 Å². The molecular weight excluding hydrogens is 356 g/mol. The summed E-state index contributed by atoms with van der Waals surface area (Å²) in [6, 6.07) is 12.8. The van der Waals surface area contributed by atoms with Crippen LogP contribution in [0, 0.1) is 5.92 Å². The number of hydrogen-bond acceptors (Lipinski definition) is 4. The Morgan fingerprint density at radius 3 is 2.50 bits per heavy atom. The maximum absolute atomic E-state index is 12.7. The Kier molecular flexibility index (Phi) is 5.93. The highest BCUT2D eigenvalue weighted by Gasteiger charge is 2.21. The first kappa shape index (κ1) is 19.4. The molecule has 0 radical (unpaired) electrons. The van der Waals surface area contributed by atoms with E-state index in [1.165, 1.54) is 0 Å². The molecule has 2 heterocycles. The Morgan fingerprint density at radius 2 is 1.82 bits per heavy atom. The van der Waals surface area contributed by atoms with Crippen molar-refractivity contribution in [3.05, 3.63) is 65.7 Å². The maximum atomic E-state index is 12.7. The van der Waals surface area contributed by atoms with Gasteiger partial charge in [0.25, 0.3) is 11.8 Å². The molecule has 0 aliphatic rings. The molecule has 7 heteroatoms. The number of aromatic nitrogens is 2. The number of nitrogens with zero attached hydrogens (tertiary/aromatic N) is 2. The summed E-state index contributed by atoms with van der Waals surface area (Å²) in [4.78, 5) is 29.5. The molecule has 0 spiro atoms. The van der Waals surface area contributed by atoms with Gasteiger partial charge < -0.3 is 15.4 Å². The zero-order chi connectivity index (χ0) is 20.1. The van der Waals surface area contributed by atoms with Crippen molar-refractivity contribution >= 4 is 17.3 Å². The normalized spacial score (nSPS) is 10.9. The van der Waals surface area contributed by atoms with E-state index < -0.39 is 0 Å². The monoisotopic (exact) mass is 380 g/mol. The van der Waals surface area contributed by atoms with Crippen LogP contribution < -0.4 is 15.4 Å². The van der Waals surface area contributed by atoms with Crippen LogP contribution in [0.4, 0.5) is 0 Å². The van der Waals surface area contributed by atoms with Crippen molar-refractivity contribution in [1.82, 2.24) is 20.0 Å². The summed E-state index contributed by atoms with van der Waals surface area (Å²) >= 11 is 0. The van der Waals surface area contributed by atoms with E-state index in [0.717, 1.165) is 11.3 Å². The highest BCUT2D eigenvalue weighted by atomic mass is 16.5. The number of imidazole rings is 1. The number of pyridine rings is 1. The fourth-order valence-corrected chi connectivity index (χ4v) is 2.75. The van der Waals surface area contributed by atoms with Crippen molar-refractivity contribution in [3.63, 3.8) is 0 Å². The number of fused-ring (bicyclic) bond motifs is 1. The van der Waals surface area contributed by atoms with Crippen LogP contribution in [-0.2, 0) is 6.54 Å². The molecular formula is C21H24N4O3. The number of rotatable bonds is 7. The SMILES string of the molecule is COc1ccc(CNC(=O)c2nc(C(=O)NCC(C)C)n3ccccc23)cc1. The number of hydrogen-bond donors (Lipinski definition) is 2. The van der Waals surface area contributed by atoms with Crippen molar-refractivity contribution in [2.75, 3.05) is 13.7 Å². The van der Waals surface area contributed by atoms with Crippen LogP contribution in [0.5, 0.6) is 5.75 Å². The Balaban J connectivity index is 1.79. The summed E-state index contributed by atoms with van der Waals surface area (Å²) in [6.45, 7) is 4.92. The third kappa shape index (κ3) is 4.31. The second-order valence-corrected chi connectivity index (χ2v) is 6.87. The van der Waals surface area contributed by atoms with Crippen molar-refractivity contribution in [1.29, 1.82) is 0 Å². The van der Waals surface area contributed by atoms with Crippen LogP contribution in [0.3, 0.4) is 0 Å². The average Bonchev–Trinajstić information content (AvgIpc) is 3.10. The van der Waals surface area contributed by atoms with Gasteiger partial charge in [0.15, 0.2) is 5.69 Å². The van der Waals surface area contributed by atoms with E-state index >= 15 is 0 Å². The number of carbonyl (C=O) groups excluding carboxylic acids is 2. The van der Waals surface area contributed by atoms with Crippen LogP contribution >= 0.6 is 0 Å². The fourth-order valence-electron chi connectivity index (χ4n) is 2.75. The quantitative estimate of drug-likeness (QED) is 0.660. The van der Waals surface area contributed by atoms with Gasteiger partial charge in [-0.25, -0.2) is 4.98 Å². The molecule has 3 aromatic rings. The molecule has 2 amide bonds. The molecule has 7 nitrogen and oxygen atoms in total. The summed E-state index contributed by atoms with van der Waals surface area (Å²) in [6.07, 6.45) is 1.73. The molecule has 0 unspecified atom stereocenters. The first-order chi connectivity index (χ1) is 13.5. The molecule has 0 aliphatic carbocycles. The minimum absolute atomic E-state index is 0.200. The number of amides is 2. The van der Waals surface area contributed by atoms with E-state index in [4.69, 9.17) is 4.74 Å². The maximum Gasteiger partial charge on any atom is 0.287 e. The molecule has 146 valence electrons. The zero-order valence-corrected chi connectivity index (χ0v) is 16.2. The van der Waals surface area contributed by atoms with Crippen LogP contribution in [0.25, 0.3) is 5.52 Å². The predicted octanol–water partition coefficient (Wildman–Crippen LogP) is 2.66. The van der Waals surface area contributed by atoms with Crippen molar-refractivity contribution in [2.24, 2.45) is 5.92 Å². The molecule has 0 saturated carbocycles. The van der Waals surface area contributed by atoms with E-state index in [2.05, 4.69) is 15.6 Å². The van der Waals surface area contributed by atoms with Crippen molar-refractivity contribution in [3.8, 4) is 5.75 Å². The van der Waals surface area contributed by atoms with Gasteiger partial charge in [-0.15, -0.1) is 0 Å². The van der Waals surface area contributed by atoms with Gasteiger partial charge in [0.1, 0.15) is 5.75 Å². The first-order valence-electron chi connectivity index (χ1n) is 9.16. The zero-order valence-electron chi connectivity index (χ0n) is 16.2. The Hall–Kier alpha value is -3.35. The topological polar surface area (TPSA) is 84.7 Å². The van der Waals surface area contributed by atoms with Crippen LogP contribution in [-0.4, -0.2) is 34.9 Å². The van der Waals surface area contributed by atoms with E-state index in [-0.39, 0.29) is 23.3 Å². The van der Waals surface area contributed by atoms with Gasteiger partial charge in [0, 0.05) is 19.3 Å². The number of ether oxygens (including phenoxy) is 1. The summed E-state index contributed by atoms with van der Waals surface area (Å²) in [5.74, 6) is 0.645. The third-order valence-electron chi connectivity index (χ3n) is 4.25. The van der Waals surface area contributed by atoms with Gasteiger partial charge in [0.05, 0.1) is 12.6 Å². The van der Waals surface area contributed by atoms with Crippen LogP contribution in [0.15, 0.2) is 48.7 Å². The van der Waals surface area contributed by atoms with Gasteiger partial charge in [-0.2, -0.15) is 0 Å². The second kappa shape index (κ2) is 8.56. The molecule has 0 atom stereocenters. The molecule has 2 aromatic heterocycles. The predicted molar refractivity (Wildman–Crippen MR) is 107 cm³/mol. The van der Waals surface area contributed by atoms with Gasteiger partial charge in [-0.1, -0.05) is 32.0 Å². The Labute approximate surface area is 163 Å². The van der Waals surface area contributed by atoms with Gasteiger partial charge in [-0.05, 0) is 35.7 Å². The summed E-state index contributed by atoms with van der Waals surface area (Å²) < 4.78 is 6.77. The average molecular weight is 380 g/mol. The lowest BCUT2D eigenvalue weighted by Crippen LogP contribution is -2.29. The molecule has 0 saturated heterocycles. The molecule has 2 N–H and O–H groups in total. The minimum Gasteiger partial charge on any atom is -0.497 e. The number of nitrogens with one attached hydrogen (secondary N) is 2. The third-order valence-corrected chi connectivity index (χ3v) is 4.25. The lowest BCUT2D eigenvalue weighted by atomic mass is 10.2. The van der Waals surface area contributed by atoms with Crippen LogP contribution in [0.1, 0.15) is 40.5 Å². The van der Waals surface area contributed by atoms with Gasteiger partial charge in [0.2, 0.25) is 5.82 Å². The number of carbonyl (C=O) groups is 2. The largest absolute Gasteiger partial charge is 0.497 e. The molecule has 0 aliphatic heterocycles. The second-order valence-electron chi connectivity index (χ2n) is 6.87. The van der Waals surface area contributed by atoms with E-state index in [9.17, 15) is 9.59 Å². The Morgan fingerprint density at radius 1 is 1.07 bits per heavy atom. The molecule has 3 rings (SSSR count). The molecule has 1 aromatic carbocycles. The smallest absolute Gasteiger partial charge is 0.287 e. The Bertz CT molecular complexity index is 977. The molecule has 0 fully saturated rings. The lowest BCUT2D eigenvalue weighted by Gasteiger charge is -2.06. The first-order valence-corrected chi connectivity index (χ1v) is 9.16. The number of methoxy groups -OCH3 is 1. The highest BCUT2D eigenvalue weighted by molar-refractivity contribution is 6.02. The summed E-state index contributed by atoms with van der Waals surface area (Å²) in [5, 5.41) is 5.71. The summed E-state index contributed by atoms with van der Waals surface area (Å²) in [7, 11) is 1.61. The minimum atomic E-state index is -0.331.